The van der Waals surface area contributed by atoms with Crippen LogP contribution < -0.4 is 5.32 Å². The maximum atomic E-state index is 12.3. The van der Waals surface area contributed by atoms with Gasteiger partial charge >= 0.3 is 0 Å². The zero-order valence-corrected chi connectivity index (χ0v) is 13.1. The summed E-state index contributed by atoms with van der Waals surface area (Å²) in [5.41, 5.74) is 0. The molecule has 124 valence electrons. The van der Waals surface area contributed by atoms with Crippen molar-refractivity contribution in [3.63, 3.8) is 0 Å². The van der Waals surface area contributed by atoms with E-state index in [1.165, 1.54) is 0 Å². The lowest BCUT2D eigenvalue weighted by atomic mass is 9.95. The third-order valence-electron chi connectivity index (χ3n) is 4.91. The van der Waals surface area contributed by atoms with Crippen molar-refractivity contribution in [3.8, 4) is 0 Å². The maximum Gasteiger partial charge on any atom is 0.251 e. The van der Waals surface area contributed by atoms with Crippen molar-refractivity contribution in [3.05, 3.63) is 0 Å². The zero-order chi connectivity index (χ0) is 15.4. The third kappa shape index (κ3) is 3.79. The summed E-state index contributed by atoms with van der Waals surface area (Å²) in [6, 6.07) is 0. The van der Waals surface area contributed by atoms with Crippen molar-refractivity contribution in [1.29, 1.82) is 0 Å². The molecule has 22 heavy (non-hydrogen) atoms. The lowest BCUT2D eigenvalue weighted by Crippen LogP contribution is -2.47. The van der Waals surface area contributed by atoms with Crippen LogP contribution in [0.5, 0.6) is 0 Å². The third-order valence-corrected chi connectivity index (χ3v) is 4.91. The number of nitrogens with one attached hydrogen (secondary N) is 1. The van der Waals surface area contributed by atoms with Gasteiger partial charge in [-0.25, -0.2) is 0 Å². The van der Waals surface area contributed by atoms with E-state index in [1.54, 1.807) is 0 Å². The fraction of sp³-hybridized carbons (Fsp3) is 0.875. The molecule has 3 aliphatic rings. The first-order valence-electron chi connectivity index (χ1n) is 8.54. The Kier molecular flexibility index (Phi) is 5.31. The minimum absolute atomic E-state index is 0.0231. The van der Waals surface area contributed by atoms with Crippen LogP contribution in [0.25, 0.3) is 0 Å². The zero-order valence-electron chi connectivity index (χ0n) is 13.1. The topological polar surface area (TPSA) is 67.9 Å². The molecule has 0 aliphatic carbocycles. The molecule has 0 radical (unpaired) electrons. The van der Waals surface area contributed by atoms with Crippen LogP contribution in [-0.2, 0) is 19.1 Å². The Morgan fingerprint density at radius 3 is 2.36 bits per heavy atom. The second-order valence-electron chi connectivity index (χ2n) is 6.48. The summed E-state index contributed by atoms with van der Waals surface area (Å²) in [4.78, 5) is 26.3. The van der Waals surface area contributed by atoms with Gasteiger partial charge in [-0.3, -0.25) is 9.59 Å². The highest BCUT2D eigenvalue weighted by Crippen LogP contribution is 2.21. The van der Waals surface area contributed by atoms with Gasteiger partial charge in [-0.15, -0.1) is 0 Å². The van der Waals surface area contributed by atoms with E-state index in [0.717, 1.165) is 45.1 Å². The van der Waals surface area contributed by atoms with Crippen molar-refractivity contribution >= 4 is 11.8 Å². The van der Waals surface area contributed by atoms with Crippen molar-refractivity contribution in [1.82, 2.24) is 10.2 Å². The van der Waals surface area contributed by atoms with E-state index in [2.05, 4.69) is 5.32 Å². The number of likely N-dealkylation sites (tertiary alicyclic amines) is 1. The number of nitrogens with zero attached hydrogens (tertiary/aromatic N) is 1. The standard InChI is InChI=1S/C16H26N2O4/c19-15(17-11-13-3-1-9-21-13)12-5-7-18(8-6-12)16(20)14-4-2-10-22-14/h12-14H,1-11H2,(H,17,19). The van der Waals surface area contributed by atoms with Crippen molar-refractivity contribution in [2.75, 3.05) is 32.8 Å². The molecular weight excluding hydrogens is 284 g/mol. The molecule has 0 aromatic carbocycles. The monoisotopic (exact) mass is 310 g/mol. The highest BCUT2D eigenvalue weighted by Gasteiger charge is 2.32. The summed E-state index contributed by atoms with van der Waals surface area (Å²) in [5.74, 6) is 0.241. The Morgan fingerprint density at radius 2 is 1.73 bits per heavy atom. The predicted molar refractivity (Wildman–Crippen MR) is 80.3 cm³/mol. The Morgan fingerprint density at radius 1 is 1.00 bits per heavy atom. The molecule has 2 amide bonds. The minimum atomic E-state index is -0.245. The van der Waals surface area contributed by atoms with Gasteiger partial charge in [0.2, 0.25) is 5.91 Å². The number of carbonyl (C=O) groups is 2. The van der Waals surface area contributed by atoms with Crippen LogP contribution in [0.15, 0.2) is 0 Å². The number of ether oxygens (including phenoxy) is 2. The lowest BCUT2D eigenvalue weighted by molar-refractivity contribution is -0.143. The molecule has 2 atom stereocenters. The molecule has 2 unspecified atom stereocenters. The normalized spacial score (nSPS) is 29.7. The van der Waals surface area contributed by atoms with Gasteiger partial charge in [0.05, 0.1) is 6.10 Å². The van der Waals surface area contributed by atoms with Crippen LogP contribution in [0.2, 0.25) is 0 Å². The number of rotatable bonds is 4. The summed E-state index contributed by atoms with van der Waals surface area (Å²) < 4.78 is 11.0. The van der Waals surface area contributed by atoms with E-state index in [4.69, 9.17) is 9.47 Å². The average Bonchev–Trinajstić information content (AvgIpc) is 3.25. The van der Waals surface area contributed by atoms with Gasteiger partial charge in [0, 0.05) is 38.8 Å². The van der Waals surface area contributed by atoms with Crippen molar-refractivity contribution < 1.29 is 19.1 Å². The molecular formula is C16H26N2O4. The SMILES string of the molecule is O=C(NCC1CCCO1)C1CCN(C(=O)C2CCCO2)CC1. The smallest absolute Gasteiger partial charge is 0.251 e. The van der Waals surface area contributed by atoms with Gasteiger partial charge in [0.15, 0.2) is 0 Å². The molecule has 6 nitrogen and oxygen atoms in total. The lowest BCUT2D eigenvalue weighted by Gasteiger charge is -2.32. The van der Waals surface area contributed by atoms with Gasteiger partial charge in [-0.1, -0.05) is 0 Å². The maximum absolute atomic E-state index is 12.3. The fourth-order valence-electron chi connectivity index (χ4n) is 3.50. The number of carbonyl (C=O) groups excluding carboxylic acids is 2. The number of piperidine rings is 1. The molecule has 0 aromatic heterocycles. The Labute approximate surface area is 131 Å². The quantitative estimate of drug-likeness (QED) is 0.830. The molecule has 1 N–H and O–H groups in total. The molecule has 0 bridgehead atoms. The Bertz CT molecular complexity index is 395. The van der Waals surface area contributed by atoms with Gasteiger partial charge in [0.1, 0.15) is 6.10 Å². The van der Waals surface area contributed by atoms with Crippen molar-refractivity contribution in [2.45, 2.75) is 50.7 Å². The Hall–Kier alpha value is -1.14. The second-order valence-corrected chi connectivity index (χ2v) is 6.48. The summed E-state index contributed by atoms with van der Waals surface area (Å²) in [7, 11) is 0. The molecule has 3 aliphatic heterocycles. The first kappa shape index (κ1) is 15.7. The van der Waals surface area contributed by atoms with Gasteiger partial charge < -0.3 is 19.7 Å². The highest BCUT2D eigenvalue weighted by atomic mass is 16.5. The summed E-state index contributed by atoms with van der Waals surface area (Å²) in [5, 5.41) is 3.00. The predicted octanol–water partition coefficient (Wildman–Crippen LogP) is 0.699. The van der Waals surface area contributed by atoms with Gasteiger partial charge in [0.25, 0.3) is 5.91 Å². The van der Waals surface area contributed by atoms with E-state index < -0.39 is 0 Å². The molecule has 3 rings (SSSR count). The van der Waals surface area contributed by atoms with Crippen LogP contribution in [0, 0.1) is 5.92 Å². The molecule has 0 saturated carbocycles. The number of hydrogen-bond acceptors (Lipinski definition) is 4. The van der Waals surface area contributed by atoms with Crippen LogP contribution in [0.4, 0.5) is 0 Å². The largest absolute Gasteiger partial charge is 0.376 e. The average molecular weight is 310 g/mol. The summed E-state index contributed by atoms with van der Waals surface area (Å²) in [6.45, 7) is 3.45. The van der Waals surface area contributed by atoms with Crippen LogP contribution in [0.3, 0.4) is 0 Å². The molecule has 3 heterocycles. The Balaban J connectivity index is 1.38. The fourth-order valence-corrected chi connectivity index (χ4v) is 3.50. The first-order chi connectivity index (χ1) is 10.7. The molecule has 0 spiro atoms. The summed E-state index contributed by atoms with van der Waals surface area (Å²) in [6.07, 6.45) is 5.36. The molecule has 6 heteroatoms. The minimum Gasteiger partial charge on any atom is -0.376 e. The molecule has 3 saturated heterocycles. The molecule has 0 aromatic rings. The van der Waals surface area contributed by atoms with E-state index in [-0.39, 0.29) is 29.9 Å². The van der Waals surface area contributed by atoms with E-state index >= 15 is 0 Å². The van der Waals surface area contributed by atoms with Crippen LogP contribution >= 0.6 is 0 Å². The van der Waals surface area contributed by atoms with Crippen LogP contribution in [0.1, 0.15) is 38.5 Å². The first-order valence-corrected chi connectivity index (χ1v) is 8.54. The van der Waals surface area contributed by atoms with E-state index in [0.29, 0.717) is 26.2 Å². The van der Waals surface area contributed by atoms with E-state index in [9.17, 15) is 9.59 Å². The van der Waals surface area contributed by atoms with E-state index in [1.807, 2.05) is 4.90 Å². The van der Waals surface area contributed by atoms with Crippen molar-refractivity contribution in [2.24, 2.45) is 5.92 Å². The highest BCUT2D eigenvalue weighted by molar-refractivity contribution is 5.82. The number of hydrogen-bond donors (Lipinski definition) is 1. The second kappa shape index (κ2) is 7.42. The summed E-state index contributed by atoms with van der Waals surface area (Å²) >= 11 is 0. The van der Waals surface area contributed by atoms with Crippen LogP contribution in [-0.4, -0.2) is 61.8 Å². The van der Waals surface area contributed by atoms with Gasteiger partial charge in [-0.2, -0.15) is 0 Å². The molecule has 3 fully saturated rings. The van der Waals surface area contributed by atoms with Gasteiger partial charge in [-0.05, 0) is 38.5 Å². The number of amides is 2.